The predicted molar refractivity (Wildman–Crippen MR) is 73.8 cm³/mol. The van der Waals surface area contributed by atoms with Gasteiger partial charge in [-0.2, -0.15) is 9.78 Å². The molecule has 0 aromatic rings. The summed E-state index contributed by atoms with van der Waals surface area (Å²) in [5.74, 6) is -0.188. The van der Waals surface area contributed by atoms with E-state index in [0.29, 0.717) is 25.2 Å². The van der Waals surface area contributed by atoms with Crippen molar-refractivity contribution in [3.05, 3.63) is 0 Å². The second-order valence-electron chi connectivity index (χ2n) is 7.72. The van der Waals surface area contributed by atoms with Crippen molar-refractivity contribution >= 4 is 0 Å². The van der Waals surface area contributed by atoms with Gasteiger partial charge in [-0.05, 0) is 31.6 Å². The molecule has 120 valence electrons. The molecule has 1 aliphatic heterocycles. The van der Waals surface area contributed by atoms with Crippen LogP contribution in [0.25, 0.3) is 0 Å². The van der Waals surface area contributed by atoms with Crippen molar-refractivity contribution < 1.29 is 24.7 Å². The molecule has 4 fully saturated rings. The van der Waals surface area contributed by atoms with Gasteiger partial charge in [0.15, 0.2) is 0 Å². The molecule has 3 aliphatic carbocycles. The molecule has 0 amide bonds. The molecule has 3 saturated carbocycles. The Balaban J connectivity index is 1.59. The van der Waals surface area contributed by atoms with E-state index in [2.05, 4.69) is 6.92 Å². The zero-order valence-corrected chi connectivity index (χ0v) is 12.7. The summed E-state index contributed by atoms with van der Waals surface area (Å²) in [6.45, 7) is 2.18. The number of aliphatic hydroxyl groups excluding tert-OH is 2. The molecule has 1 heterocycles. The van der Waals surface area contributed by atoms with E-state index in [4.69, 9.17) is 14.5 Å². The van der Waals surface area contributed by atoms with Gasteiger partial charge in [0, 0.05) is 24.7 Å². The Hall–Kier alpha value is -0.200. The molecule has 0 aromatic heterocycles. The number of aliphatic hydroxyl groups is 2. The molecule has 1 saturated heterocycles. The summed E-state index contributed by atoms with van der Waals surface area (Å²) < 4.78 is 6.39. The Morgan fingerprint density at radius 3 is 2.48 bits per heavy atom. The summed E-state index contributed by atoms with van der Waals surface area (Å²) >= 11 is 0. The fourth-order valence-electron chi connectivity index (χ4n) is 5.17. The molecule has 0 radical (unpaired) electrons. The molecule has 4 rings (SSSR count). The van der Waals surface area contributed by atoms with E-state index >= 15 is 0 Å². The fourth-order valence-corrected chi connectivity index (χ4v) is 5.17. The van der Waals surface area contributed by atoms with Crippen LogP contribution in [-0.4, -0.2) is 34.0 Å². The van der Waals surface area contributed by atoms with E-state index in [0.717, 1.165) is 25.2 Å². The van der Waals surface area contributed by atoms with Crippen LogP contribution in [0, 0.1) is 17.8 Å². The molecular formula is C16H26O5. The first kappa shape index (κ1) is 14.4. The normalized spacial score (nSPS) is 57.0. The minimum atomic E-state index is -0.963. The van der Waals surface area contributed by atoms with Crippen molar-refractivity contribution in [1.82, 2.24) is 0 Å². The average Bonchev–Trinajstić information content (AvgIpc) is 2.76. The van der Waals surface area contributed by atoms with Gasteiger partial charge in [-0.1, -0.05) is 19.8 Å². The maximum atomic E-state index is 9.96. The Morgan fingerprint density at radius 2 is 1.71 bits per heavy atom. The topological polar surface area (TPSA) is 68.2 Å². The SMILES string of the molecule is CC1CC2CCCC(C2)C12OOC1(C[C@H](O)C[C@H](O)C1)O2. The molecule has 2 N–H and O–H groups in total. The summed E-state index contributed by atoms with van der Waals surface area (Å²) in [6.07, 6.45) is 5.90. The lowest BCUT2D eigenvalue weighted by atomic mass is 9.64. The monoisotopic (exact) mass is 298 g/mol. The lowest BCUT2D eigenvalue weighted by Gasteiger charge is -2.49. The average molecular weight is 298 g/mol. The number of ether oxygens (including phenoxy) is 1. The van der Waals surface area contributed by atoms with Gasteiger partial charge in [-0.25, -0.2) is 0 Å². The first-order valence-electron chi connectivity index (χ1n) is 8.44. The van der Waals surface area contributed by atoms with Crippen molar-refractivity contribution in [3.8, 4) is 0 Å². The summed E-state index contributed by atoms with van der Waals surface area (Å²) in [4.78, 5) is 11.5. The largest absolute Gasteiger partial charge is 0.393 e. The standard InChI is InChI=1S/C16H26O5/c1-10-5-11-3-2-4-12(6-11)16(10)19-15(20-21-16)8-13(17)7-14(18)9-15/h10-14,17-18H,2-9H2,1H3/t10?,11?,12?,13-,14+,15?,16?. The quantitative estimate of drug-likeness (QED) is 0.670. The second kappa shape index (κ2) is 4.90. The Kier molecular flexibility index (Phi) is 3.36. The number of rotatable bonds is 0. The zero-order valence-electron chi connectivity index (χ0n) is 12.7. The van der Waals surface area contributed by atoms with Gasteiger partial charge in [0.05, 0.1) is 12.2 Å². The Labute approximate surface area is 125 Å². The smallest absolute Gasteiger partial charge is 0.210 e. The van der Waals surface area contributed by atoms with Crippen molar-refractivity contribution in [2.45, 2.75) is 82.1 Å². The third-order valence-electron chi connectivity index (χ3n) is 6.03. The van der Waals surface area contributed by atoms with E-state index in [1.807, 2.05) is 0 Å². The van der Waals surface area contributed by atoms with E-state index in [-0.39, 0.29) is 5.92 Å². The molecule has 5 heteroatoms. The molecule has 5 unspecified atom stereocenters. The van der Waals surface area contributed by atoms with Gasteiger partial charge in [-0.3, -0.25) is 0 Å². The Morgan fingerprint density at radius 1 is 0.952 bits per heavy atom. The number of hydrogen-bond donors (Lipinski definition) is 2. The van der Waals surface area contributed by atoms with Crippen LogP contribution in [0.5, 0.6) is 0 Å². The van der Waals surface area contributed by atoms with Crippen molar-refractivity contribution in [2.75, 3.05) is 0 Å². The summed E-state index contributed by atoms with van der Waals surface area (Å²) in [6, 6.07) is 0. The van der Waals surface area contributed by atoms with Crippen LogP contribution in [0.4, 0.5) is 0 Å². The summed E-state index contributed by atoms with van der Waals surface area (Å²) in [5, 5.41) is 19.9. The molecule has 0 aromatic carbocycles. The molecule has 7 atom stereocenters. The molecule has 2 bridgehead atoms. The van der Waals surface area contributed by atoms with Gasteiger partial charge in [0.2, 0.25) is 11.6 Å². The molecule has 21 heavy (non-hydrogen) atoms. The van der Waals surface area contributed by atoms with Gasteiger partial charge >= 0.3 is 0 Å². The lowest BCUT2D eigenvalue weighted by molar-refractivity contribution is -0.382. The highest BCUT2D eigenvalue weighted by Gasteiger charge is 2.63. The zero-order chi connectivity index (χ0) is 14.7. The maximum Gasteiger partial charge on any atom is 0.210 e. The first-order chi connectivity index (χ1) is 10.0. The summed E-state index contributed by atoms with van der Waals surface area (Å²) in [5.41, 5.74) is 0. The summed E-state index contributed by atoms with van der Waals surface area (Å²) in [7, 11) is 0. The third kappa shape index (κ3) is 2.25. The minimum Gasteiger partial charge on any atom is -0.393 e. The van der Waals surface area contributed by atoms with Gasteiger partial charge in [-0.15, -0.1) is 0 Å². The van der Waals surface area contributed by atoms with Crippen molar-refractivity contribution in [3.63, 3.8) is 0 Å². The van der Waals surface area contributed by atoms with Crippen LogP contribution in [0.3, 0.4) is 0 Å². The fraction of sp³-hybridized carbons (Fsp3) is 1.00. The number of fused-ring (bicyclic) bond motifs is 3. The molecule has 4 aliphatic rings. The van der Waals surface area contributed by atoms with Gasteiger partial charge in [0.25, 0.3) is 0 Å². The number of hydrogen-bond acceptors (Lipinski definition) is 5. The van der Waals surface area contributed by atoms with Gasteiger partial charge < -0.3 is 14.9 Å². The highest BCUT2D eigenvalue weighted by atomic mass is 17.3. The van der Waals surface area contributed by atoms with Crippen molar-refractivity contribution in [1.29, 1.82) is 0 Å². The van der Waals surface area contributed by atoms with Crippen LogP contribution >= 0.6 is 0 Å². The first-order valence-corrected chi connectivity index (χ1v) is 8.44. The lowest BCUT2D eigenvalue weighted by Crippen LogP contribution is -2.54. The molecular weight excluding hydrogens is 272 g/mol. The van der Waals surface area contributed by atoms with Gasteiger partial charge in [0.1, 0.15) is 0 Å². The van der Waals surface area contributed by atoms with Crippen molar-refractivity contribution in [2.24, 2.45) is 17.8 Å². The van der Waals surface area contributed by atoms with E-state index in [1.54, 1.807) is 0 Å². The van der Waals surface area contributed by atoms with Crippen LogP contribution in [0.15, 0.2) is 0 Å². The predicted octanol–water partition coefficient (Wildman–Crippen LogP) is 2.11. The Bertz CT molecular complexity index is 401. The molecule has 2 spiro atoms. The second-order valence-corrected chi connectivity index (χ2v) is 7.72. The van der Waals surface area contributed by atoms with Crippen LogP contribution in [0.2, 0.25) is 0 Å². The van der Waals surface area contributed by atoms with Crippen LogP contribution < -0.4 is 0 Å². The van der Waals surface area contributed by atoms with E-state index in [1.165, 1.54) is 12.8 Å². The highest BCUT2D eigenvalue weighted by molar-refractivity contribution is 4.99. The molecule has 5 nitrogen and oxygen atoms in total. The van der Waals surface area contributed by atoms with E-state index in [9.17, 15) is 10.2 Å². The minimum absolute atomic E-state index is 0.289. The van der Waals surface area contributed by atoms with Crippen LogP contribution in [-0.2, 0) is 14.5 Å². The third-order valence-corrected chi connectivity index (χ3v) is 6.03. The maximum absolute atomic E-state index is 9.96. The van der Waals surface area contributed by atoms with Crippen LogP contribution in [0.1, 0.15) is 58.3 Å². The highest BCUT2D eigenvalue weighted by Crippen LogP contribution is 2.57. The van der Waals surface area contributed by atoms with E-state index < -0.39 is 23.8 Å².